The van der Waals surface area contributed by atoms with Crippen molar-refractivity contribution in [3.8, 4) is 0 Å². The zero-order valence-corrected chi connectivity index (χ0v) is 10.5. The van der Waals surface area contributed by atoms with Crippen LogP contribution in [0.2, 0.25) is 0 Å². The predicted octanol–water partition coefficient (Wildman–Crippen LogP) is 1.20. The van der Waals surface area contributed by atoms with Crippen LogP contribution < -0.4 is 4.90 Å². The molecule has 2 unspecified atom stereocenters. The van der Waals surface area contributed by atoms with Gasteiger partial charge in [0.2, 0.25) is 5.91 Å². The summed E-state index contributed by atoms with van der Waals surface area (Å²) in [6.45, 7) is 0.457. The molecule has 1 N–H and O–H groups in total. The highest BCUT2D eigenvalue weighted by atomic mass is 16.6. The number of nitrogens with zero attached hydrogens (tertiary/aromatic N) is 2. The molecule has 1 amide bonds. The number of benzene rings is 1. The van der Waals surface area contributed by atoms with Gasteiger partial charge in [0.15, 0.2) is 0 Å². The number of carboxylic acids is 1. The SMILES string of the molecule is O=C(O)C1CC1C(=O)N1CCc2ccc([N+](=O)[O-])cc21. The first-order chi connectivity index (χ1) is 9.49. The smallest absolute Gasteiger partial charge is 0.307 e. The van der Waals surface area contributed by atoms with E-state index in [9.17, 15) is 19.7 Å². The highest BCUT2D eigenvalue weighted by Crippen LogP contribution is 2.42. The van der Waals surface area contributed by atoms with E-state index in [4.69, 9.17) is 5.11 Å². The minimum Gasteiger partial charge on any atom is -0.481 e. The summed E-state index contributed by atoms with van der Waals surface area (Å²) in [6.07, 6.45) is 0.998. The Morgan fingerprint density at radius 2 is 2.10 bits per heavy atom. The van der Waals surface area contributed by atoms with Gasteiger partial charge in [0.1, 0.15) is 0 Å². The van der Waals surface area contributed by atoms with E-state index in [2.05, 4.69) is 0 Å². The van der Waals surface area contributed by atoms with Gasteiger partial charge in [0.25, 0.3) is 5.69 Å². The maximum Gasteiger partial charge on any atom is 0.307 e. The van der Waals surface area contributed by atoms with Crippen molar-refractivity contribution in [1.29, 1.82) is 0 Å². The number of carboxylic acid groups (broad SMARTS) is 1. The third-order valence-electron chi connectivity index (χ3n) is 3.87. The van der Waals surface area contributed by atoms with Gasteiger partial charge in [-0.15, -0.1) is 0 Å². The molecule has 2 aliphatic rings. The average Bonchev–Trinajstić information content (AvgIpc) is 3.10. The van der Waals surface area contributed by atoms with E-state index >= 15 is 0 Å². The van der Waals surface area contributed by atoms with Gasteiger partial charge in [-0.1, -0.05) is 6.07 Å². The van der Waals surface area contributed by atoms with Crippen molar-refractivity contribution < 1.29 is 19.6 Å². The summed E-state index contributed by atoms with van der Waals surface area (Å²) < 4.78 is 0. The summed E-state index contributed by atoms with van der Waals surface area (Å²) in [5, 5.41) is 19.7. The standard InChI is InChI=1S/C13H12N2O5/c16-12(9-6-10(9)13(17)18)14-4-3-7-1-2-8(15(19)20)5-11(7)14/h1-2,5,9-10H,3-4,6H2,(H,17,18). The Morgan fingerprint density at radius 1 is 1.35 bits per heavy atom. The molecular weight excluding hydrogens is 264 g/mol. The lowest BCUT2D eigenvalue weighted by Gasteiger charge is -2.16. The van der Waals surface area contributed by atoms with Gasteiger partial charge >= 0.3 is 5.97 Å². The number of rotatable bonds is 3. The molecule has 1 fully saturated rings. The Kier molecular flexibility index (Phi) is 2.70. The average molecular weight is 276 g/mol. The number of aliphatic carboxylic acids is 1. The molecule has 0 spiro atoms. The van der Waals surface area contributed by atoms with Crippen LogP contribution >= 0.6 is 0 Å². The van der Waals surface area contributed by atoms with E-state index in [-0.39, 0.29) is 11.6 Å². The van der Waals surface area contributed by atoms with E-state index in [1.165, 1.54) is 17.0 Å². The Balaban J connectivity index is 1.85. The molecule has 1 heterocycles. The molecule has 0 radical (unpaired) electrons. The largest absolute Gasteiger partial charge is 0.481 e. The molecule has 1 saturated carbocycles. The second-order valence-electron chi connectivity index (χ2n) is 5.10. The topological polar surface area (TPSA) is 101 Å². The van der Waals surface area contributed by atoms with E-state index in [1.807, 2.05) is 0 Å². The van der Waals surface area contributed by atoms with Crippen molar-refractivity contribution in [3.05, 3.63) is 33.9 Å². The van der Waals surface area contributed by atoms with E-state index in [0.29, 0.717) is 25.1 Å². The van der Waals surface area contributed by atoms with Crippen LogP contribution in [0.25, 0.3) is 0 Å². The first-order valence-corrected chi connectivity index (χ1v) is 6.30. The molecule has 0 saturated heterocycles. The van der Waals surface area contributed by atoms with Crippen LogP contribution in [0, 0.1) is 22.0 Å². The second-order valence-corrected chi connectivity index (χ2v) is 5.10. The van der Waals surface area contributed by atoms with E-state index < -0.39 is 22.7 Å². The van der Waals surface area contributed by atoms with Crippen LogP contribution in [0.3, 0.4) is 0 Å². The zero-order valence-electron chi connectivity index (χ0n) is 10.5. The molecule has 1 aliphatic heterocycles. The van der Waals surface area contributed by atoms with Crippen LogP contribution in [0.5, 0.6) is 0 Å². The number of anilines is 1. The van der Waals surface area contributed by atoms with Crippen molar-refractivity contribution in [3.63, 3.8) is 0 Å². The Hall–Kier alpha value is -2.44. The first kappa shape index (κ1) is 12.6. The molecule has 0 aromatic heterocycles. The summed E-state index contributed by atoms with van der Waals surface area (Å²) in [5.41, 5.74) is 1.37. The predicted molar refractivity (Wildman–Crippen MR) is 68.4 cm³/mol. The second kappa shape index (κ2) is 4.29. The van der Waals surface area contributed by atoms with Crippen LogP contribution in [0.1, 0.15) is 12.0 Å². The Morgan fingerprint density at radius 3 is 2.70 bits per heavy atom. The third-order valence-corrected chi connectivity index (χ3v) is 3.87. The number of non-ortho nitro benzene ring substituents is 1. The lowest BCUT2D eigenvalue weighted by Crippen LogP contribution is -2.31. The summed E-state index contributed by atoms with van der Waals surface area (Å²) in [7, 11) is 0. The number of amides is 1. The number of hydrogen-bond donors (Lipinski definition) is 1. The van der Waals surface area contributed by atoms with Gasteiger partial charge < -0.3 is 10.0 Å². The molecule has 3 rings (SSSR count). The summed E-state index contributed by atoms with van der Waals surface area (Å²) in [6, 6.07) is 4.46. The molecular formula is C13H12N2O5. The maximum atomic E-state index is 12.3. The van der Waals surface area contributed by atoms with Crippen molar-refractivity contribution in [2.75, 3.05) is 11.4 Å². The van der Waals surface area contributed by atoms with Crippen LogP contribution in [-0.4, -0.2) is 28.5 Å². The lowest BCUT2D eigenvalue weighted by atomic mass is 10.1. The van der Waals surface area contributed by atoms with Gasteiger partial charge in [-0.25, -0.2) is 0 Å². The Bertz CT molecular complexity index is 627. The third kappa shape index (κ3) is 1.91. The quantitative estimate of drug-likeness (QED) is 0.660. The normalized spacial score (nSPS) is 23.3. The molecule has 2 atom stereocenters. The summed E-state index contributed by atoms with van der Waals surface area (Å²) in [4.78, 5) is 34.8. The molecule has 0 bridgehead atoms. The summed E-state index contributed by atoms with van der Waals surface area (Å²) in [5.74, 6) is -2.29. The number of fused-ring (bicyclic) bond motifs is 1. The van der Waals surface area contributed by atoms with E-state index in [0.717, 1.165) is 5.56 Å². The molecule has 7 nitrogen and oxygen atoms in total. The fourth-order valence-corrected chi connectivity index (χ4v) is 2.65. The molecule has 7 heteroatoms. The maximum absolute atomic E-state index is 12.3. The van der Waals surface area contributed by atoms with Crippen molar-refractivity contribution >= 4 is 23.3 Å². The number of nitro groups is 1. The van der Waals surface area contributed by atoms with Gasteiger partial charge in [-0.3, -0.25) is 19.7 Å². The van der Waals surface area contributed by atoms with Crippen molar-refractivity contribution in [2.45, 2.75) is 12.8 Å². The molecule has 1 aromatic carbocycles. The number of nitro benzene ring substituents is 1. The van der Waals surface area contributed by atoms with Crippen LogP contribution in [-0.2, 0) is 16.0 Å². The molecule has 20 heavy (non-hydrogen) atoms. The first-order valence-electron chi connectivity index (χ1n) is 6.30. The fourth-order valence-electron chi connectivity index (χ4n) is 2.65. The van der Waals surface area contributed by atoms with Gasteiger partial charge in [0, 0.05) is 18.7 Å². The molecule has 1 aromatic rings. The minimum atomic E-state index is -0.957. The molecule has 1 aliphatic carbocycles. The lowest BCUT2D eigenvalue weighted by molar-refractivity contribution is -0.384. The van der Waals surface area contributed by atoms with E-state index in [1.54, 1.807) is 6.07 Å². The van der Waals surface area contributed by atoms with Crippen LogP contribution in [0.15, 0.2) is 18.2 Å². The van der Waals surface area contributed by atoms with Crippen molar-refractivity contribution in [2.24, 2.45) is 11.8 Å². The number of hydrogen-bond acceptors (Lipinski definition) is 4. The van der Waals surface area contributed by atoms with Gasteiger partial charge in [-0.2, -0.15) is 0 Å². The monoisotopic (exact) mass is 276 g/mol. The van der Waals surface area contributed by atoms with Gasteiger partial charge in [0.05, 0.1) is 22.4 Å². The highest BCUT2D eigenvalue weighted by Gasteiger charge is 2.50. The van der Waals surface area contributed by atoms with Gasteiger partial charge in [-0.05, 0) is 18.4 Å². The van der Waals surface area contributed by atoms with Crippen molar-refractivity contribution in [1.82, 2.24) is 0 Å². The highest BCUT2D eigenvalue weighted by molar-refractivity contribution is 6.01. The number of carbonyl (C=O) groups excluding carboxylic acids is 1. The summed E-state index contributed by atoms with van der Waals surface area (Å²) >= 11 is 0. The number of carbonyl (C=O) groups is 2. The molecule has 104 valence electrons. The minimum absolute atomic E-state index is 0.0611. The fraction of sp³-hybridized carbons (Fsp3) is 0.385. The zero-order chi connectivity index (χ0) is 14.4. The van der Waals surface area contributed by atoms with Crippen LogP contribution in [0.4, 0.5) is 11.4 Å². The Labute approximate surface area is 114 Å².